The molecule has 0 spiro atoms. The number of nitrogens with zero attached hydrogens (tertiary/aromatic N) is 1. The first kappa shape index (κ1) is 13.1. The molecule has 0 fully saturated rings. The first-order valence-corrected chi connectivity index (χ1v) is 4.97. The molecular weight excluding hydrogens is 178 g/mol. The van der Waals surface area contributed by atoms with Crippen LogP contribution >= 0.6 is 0 Å². The third kappa shape index (κ3) is 3.13. The smallest absolute Gasteiger partial charge is 0.223 e. The zero-order valence-corrected chi connectivity index (χ0v) is 10.0. The third-order valence-electron chi connectivity index (χ3n) is 2.66. The van der Waals surface area contributed by atoms with Gasteiger partial charge >= 0.3 is 0 Å². The lowest BCUT2D eigenvalue weighted by Crippen LogP contribution is -2.50. The minimum absolute atomic E-state index is 0.0112. The molecule has 0 aromatic heterocycles. The van der Waals surface area contributed by atoms with Crippen LogP contribution in [0, 0.1) is 5.92 Å². The fraction of sp³-hybridized carbons (Fsp3) is 0.818. The number of hydrogen-bond acceptors (Lipinski definition) is 2. The first-order valence-electron chi connectivity index (χ1n) is 4.97. The number of ketones is 1. The molecule has 82 valence electrons. The van der Waals surface area contributed by atoms with Gasteiger partial charge in [0.15, 0.2) is 5.78 Å². The molecule has 0 heterocycles. The molecule has 0 aromatic carbocycles. The number of likely N-dealkylation sites (N-methyl/N-ethyl adjacent to an activating group) is 1. The molecule has 0 N–H and O–H groups in total. The fourth-order valence-corrected chi connectivity index (χ4v) is 1.03. The molecule has 0 aliphatic rings. The van der Waals surface area contributed by atoms with Crippen molar-refractivity contribution in [1.82, 2.24) is 4.90 Å². The van der Waals surface area contributed by atoms with Crippen molar-refractivity contribution in [1.29, 1.82) is 0 Å². The summed E-state index contributed by atoms with van der Waals surface area (Å²) in [5.74, 6) is 0.366. The predicted molar refractivity (Wildman–Crippen MR) is 57.0 cm³/mol. The zero-order chi connectivity index (χ0) is 11.5. The SMILES string of the molecule is CC(=O)C(C)(C)N(C)C(=O)CC(C)C. The van der Waals surface area contributed by atoms with Gasteiger partial charge in [0.1, 0.15) is 0 Å². The van der Waals surface area contributed by atoms with Gasteiger partial charge in [0, 0.05) is 13.5 Å². The number of amides is 1. The van der Waals surface area contributed by atoms with Gasteiger partial charge in [0.2, 0.25) is 5.91 Å². The summed E-state index contributed by atoms with van der Waals surface area (Å²) in [6, 6.07) is 0. The first-order chi connectivity index (χ1) is 6.19. The van der Waals surface area contributed by atoms with E-state index in [1.807, 2.05) is 13.8 Å². The van der Waals surface area contributed by atoms with Gasteiger partial charge in [0.25, 0.3) is 0 Å². The second-order valence-electron chi connectivity index (χ2n) is 4.67. The largest absolute Gasteiger partial charge is 0.334 e. The van der Waals surface area contributed by atoms with Crippen molar-refractivity contribution >= 4 is 11.7 Å². The maximum Gasteiger partial charge on any atom is 0.223 e. The lowest BCUT2D eigenvalue weighted by Gasteiger charge is -2.33. The van der Waals surface area contributed by atoms with E-state index in [0.717, 1.165) is 0 Å². The van der Waals surface area contributed by atoms with E-state index in [0.29, 0.717) is 12.3 Å². The topological polar surface area (TPSA) is 37.4 Å². The van der Waals surface area contributed by atoms with Crippen LogP contribution in [0.3, 0.4) is 0 Å². The van der Waals surface area contributed by atoms with Crippen molar-refractivity contribution in [2.24, 2.45) is 5.92 Å². The normalized spacial score (nSPS) is 11.6. The van der Waals surface area contributed by atoms with Gasteiger partial charge in [-0.1, -0.05) is 13.8 Å². The van der Waals surface area contributed by atoms with Crippen LogP contribution in [0.25, 0.3) is 0 Å². The summed E-state index contributed by atoms with van der Waals surface area (Å²) >= 11 is 0. The van der Waals surface area contributed by atoms with Gasteiger partial charge in [-0.3, -0.25) is 9.59 Å². The molecule has 0 radical (unpaired) electrons. The number of carbonyl (C=O) groups excluding carboxylic acids is 2. The Bertz CT molecular complexity index is 231. The Morgan fingerprint density at radius 2 is 1.71 bits per heavy atom. The molecule has 0 aliphatic carbocycles. The van der Waals surface area contributed by atoms with Crippen LogP contribution in [0.15, 0.2) is 0 Å². The molecule has 0 rings (SSSR count). The molecule has 0 saturated heterocycles. The van der Waals surface area contributed by atoms with Crippen LogP contribution in [-0.2, 0) is 9.59 Å². The fourth-order valence-electron chi connectivity index (χ4n) is 1.03. The number of Topliss-reactive ketones (excluding diaryl/α,β-unsaturated/α-hetero) is 1. The summed E-state index contributed by atoms with van der Waals surface area (Å²) in [4.78, 5) is 24.5. The van der Waals surface area contributed by atoms with Gasteiger partial charge in [-0.25, -0.2) is 0 Å². The Hall–Kier alpha value is -0.860. The van der Waals surface area contributed by atoms with E-state index in [2.05, 4.69) is 0 Å². The van der Waals surface area contributed by atoms with Gasteiger partial charge < -0.3 is 4.90 Å². The minimum atomic E-state index is -0.689. The van der Waals surface area contributed by atoms with Crippen molar-refractivity contribution < 1.29 is 9.59 Å². The molecule has 0 atom stereocenters. The second-order valence-corrected chi connectivity index (χ2v) is 4.67. The summed E-state index contributed by atoms with van der Waals surface area (Å²) in [6.45, 7) is 9.04. The Kier molecular flexibility index (Phi) is 4.30. The quantitative estimate of drug-likeness (QED) is 0.693. The van der Waals surface area contributed by atoms with E-state index >= 15 is 0 Å². The summed E-state index contributed by atoms with van der Waals surface area (Å²) in [5, 5.41) is 0. The monoisotopic (exact) mass is 199 g/mol. The Morgan fingerprint density at radius 1 is 1.29 bits per heavy atom. The third-order valence-corrected chi connectivity index (χ3v) is 2.66. The van der Waals surface area contributed by atoms with Crippen molar-refractivity contribution in [3.63, 3.8) is 0 Å². The molecule has 0 unspecified atom stereocenters. The standard InChI is InChI=1S/C11H21NO2/c1-8(2)7-10(14)12(6)11(4,5)9(3)13/h8H,7H2,1-6H3. The lowest BCUT2D eigenvalue weighted by atomic mass is 9.97. The van der Waals surface area contributed by atoms with Crippen molar-refractivity contribution in [2.75, 3.05) is 7.05 Å². The van der Waals surface area contributed by atoms with Crippen LogP contribution < -0.4 is 0 Å². The number of rotatable bonds is 4. The van der Waals surface area contributed by atoms with Gasteiger partial charge in [-0.2, -0.15) is 0 Å². The van der Waals surface area contributed by atoms with Crippen LogP contribution in [0.1, 0.15) is 41.0 Å². The highest BCUT2D eigenvalue weighted by molar-refractivity contribution is 5.90. The van der Waals surface area contributed by atoms with Crippen molar-refractivity contribution in [3.8, 4) is 0 Å². The highest BCUT2D eigenvalue weighted by atomic mass is 16.2. The molecule has 0 saturated carbocycles. The maximum atomic E-state index is 11.7. The van der Waals surface area contributed by atoms with Crippen LogP contribution in [0.2, 0.25) is 0 Å². The highest BCUT2D eigenvalue weighted by Gasteiger charge is 2.31. The highest BCUT2D eigenvalue weighted by Crippen LogP contribution is 2.16. The summed E-state index contributed by atoms with van der Waals surface area (Å²) in [7, 11) is 1.69. The molecule has 14 heavy (non-hydrogen) atoms. The molecule has 0 aromatic rings. The molecule has 3 heteroatoms. The number of hydrogen-bond donors (Lipinski definition) is 0. The van der Waals surface area contributed by atoms with Crippen LogP contribution in [0.4, 0.5) is 0 Å². The van der Waals surface area contributed by atoms with E-state index < -0.39 is 5.54 Å². The molecular formula is C11H21NO2. The Labute approximate surface area is 86.5 Å². The summed E-state index contributed by atoms with van der Waals surface area (Å²) < 4.78 is 0. The van der Waals surface area contributed by atoms with Gasteiger partial charge in [-0.15, -0.1) is 0 Å². The average molecular weight is 199 g/mol. The average Bonchev–Trinajstić information content (AvgIpc) is 2.01. The molecule has 1 amide bonds. The Morgan fingerprint density at radius 3 is 2.00 bits per heavy atom. The summed E-state index contributed by atoms with van der Waals surface area (Å²) in [6.07, 6.45) is 0.493. The van der Waals surface area contributed by atoms with Crippen LogP contribution in [0.5, 0.6) is 0 Å². The molecule has 0 aliphatic heterocycles. The van der Waals surface area contributed by atoms with E-state index in [9.17, 15) is 9.59 Å². The summed E-state index contributed by atoms with van der Waals surface area (Å²) in [5.41, 5.74) is -0.689. The van der Waals surface area contributed by atoms with Gasteiger partial charge in [0.05, 0.1) is 5.54 Å². The second kappa shape index (κ2) is 4.58. The number of carbonyl (C=O) groups is 2. The van der Waals surface area contributed by atoms with E-state index in [-0.39, 0.29) is 11.7 Å². The zero-order valence-electron chi connectivity index (χ0n) is 10.0. The van der Waals surface area contributed by atoms with Crippen molar-refractivity contribution in [3.05, 3.63) is 0 Å². The van der Waals surface area contributed by atoms with E-state index in [4.69, 9.17) is 0 Å². The van der Waals surface area contributed by atoms with E-state index in [1.54, 1.807) is 20.9 Å². The molecule has 0 bridgehead atoms. The minimum Gasteiger partial charge on any atom is -0.334 e. The van der Waals surface area contributed by atoms with Crippen molar-refractivity contribution in [2.45, 2.75) is 46.6 Å². The lowest BCUT2D eigenvalue weighted by molar-refractivity contribution is -0.142. The maximum absolute atomic E-state index is 11.7. The molecule has 3 nitrogen and oxygen atoms in total. The predicted octanol–water partition coefficient (Wildman–Crippen LogP) is 1.86. The Balaban J connectivity index is 4.53. The van der Waals surface area contributed by atoms with Gasteiger partial charge in [-0.05, 0) is 26.7 Å². The van der Waals surface area contributed by atoms with Crippen LogP contribution in [-0.4, -0.2) is 29.2 Å². The van der Waals surface area contributed by atoms with E-state index in [1.165, 1.54) is 11.8 Å².